The third kappa shape index (κ3) is 5.67. The van der Waals surface area contributed by atoms with E-state index < -0.39 is 30.6 Å². The molecule has 2 atom stereocenters. The minimum Gasteiger partial charge on any atom is -0.497 e. The number of nitrogens with one attached hydrogen (secondary N) is 2. The van der Waals surface area contributed by atoms with Crippen molar-refractivity contribution in [2.75, 3.05) is 31.5 Å². The minimum atomic E-state index is -1.04. The number of unbranched alkanes of at least 4 members (excludes halogenated alkanes) is 1. The molecule has 10 nitrogen and oxygen atoms in total. The smallest absolute Gasteiger partial charge is 0.261 e. The average molecular weight is 573 g/mol. The van der Waals surface area contributed by atoms with Gasteiger partial charge in [0, 0.05) is 24.4 Å². The average Bonchev–Trinajstić information content (AvgIpc) is 3.28. The maximum atomic E-state index is 14.8. The molecule has 218 valence electrons. The number of amides is 2. The van der Waals surface area contributed by atoms with E-state index in [1.54, 1.807) is 56.8 Å². The molecule has 0 saturated heterocycles. The fraction of sp³-hybridized carbons (Fsp3) is 0.323. The molecule has 2 aromatic carbocycles. The first-order valence-corrected chi connectivity index (χ1v) is 13.9. The fourth-order valence-electron chi connectivity index (χ4n) is 5.15. The number of pyridine rings is 1. The molecule has 0 fully saturated rings. The lowest BCUT2D eigenvalue weighted by molar-refractivity contribution is 0.0535. The van der Waals surface area contributed by atoms with Gasteiger partial charge in [-0.2, -0.15) is 4.98 Å². The van der Waals surface area contributed by atoms with E-state index in [-0.39, 0.29) is 11.1 Å². The van der Waals surface area contributed by atoms with Gasteiger partial charge in [0.15, 0.2) is 5.82 Å². The minimum absolute atomic E-state index is 0.282. The molecule has 0 radical (unpaired) electrons. The van der Waals surface area contributed by atoms with E-state index in [0.29, 0.717) is 47.3 Å². The van der Waals surface area contributed by atoms with E-state index in [1.807, 2.05) is 25.1 Å². The number of fused-ring (bicyclic) bond motifs is 2. The van der Waals surface area contributed by atoms with E-state index in [4.69, 9.17) is 14.5 Å². The van der Waals surface area contributed by atoms with Gasteiger partial charge in [0.2, 0.25) is 5.95 Å². The van der Waals surface area contributed by atoms with Crippen LogP contribution in [0.1, 0.15) is 52.5 Å². The Morgan fingerprint density at radius 2 is 1.74 bits per heavy atom. The van der Waals surface area contributed by atoms with Crippen LogP contribution in [0.5, 0.6) is 11.5 Å². The molecule has 2 amide bonds. The Labute approximate surface area is 243 Å². The summed E-state index contributed by atoms with van der Waals surface area (Å²) in [4.78, 5) is 41.4. The zero-order valence-corrected chi connectivity index (χ0v) is 23.8. The topological polar surface area (TPSA) is 119 Å². The highest BCUT2D eigenvalue weighted by Crippen LogP contribution is 2.30. The summed E-state index contributed by atoms with van der Waals surface area (Å²) in [7, 11) is 3.18. The summed E-state index contributed by atoms with van der Waals surface area (Å²) in [5, 5.41) is 6.59. The number of carbonyl (C=O) groups excluding carboxylic acids is 2. The Kier molecular flexibility index (Phi) is 8.75. The summed E-state index contributed by atoms with van der Waals surface area (Å²) >= 11 is 0. The van der Waals surface area contributed by atoms with Crippen molar-refractivity contribution in [3.63, 3.8) is 0 Å². The highest BCUT2D eigenvalue weighted by Gasteiger charge is 2.43. The number of anilines is 2. The first-order chi connectivity index (χ1) is 20.5. The maximum Gasteiger partial charge on any atom is 0.261 e. The monoisotopic (exact) mass is 572 g/mol. The van der Waals surface area contributed by atoms with Crippen molar-refractivity contribution >= 4 is 34.6 Å². The molecule has 4 aromatic rings. The van der Waals surface area contributed by atoms with Gasteiger partial charge in [0.1, 0.15) is 23.7 Å². The lowest BCUT2D eigenvalue weighted by atomic mass is 10.0. The zero-order valence-electron chi connectivity index (χ0n) is 23.8. The Morgan fingerprint density at radius 1 is 0.976 bits per heavy atom. The summed E-state index contributed by atoms with van der Waals surface area (Å²) in [5.74, 6) is 1.03. The van der Waals surface area contributed by atoms with Crippen LogP contribution in [-0.2, 0) is 6.54 Å². The number of carbonyl (C=O) groups is 2. The number of nitrogens with zero attached hydrogens (tertiary/aromatic N) is 4. The van der Waals surface area contributed by atoms with E-state index >= 15 is 0 Å². The highest BCUT2D eigenvalue weighted by atomic mass is 19.1. The van der Waals surface area contributed by atoms with Crippen molar-refractivity contribution in [2.24, 2.45) is 0 Å². The van der Waals surface area contributed by atoms with Crippen LogP contribution in [0.3, 0.4) is 0 Å². The van der Waals surface area contributed by atoms with Crippen molar-refractivity contribution < 1.29 is 23.5 Å². The van der Waals surface area contributed by atoms with Crippen LogP contribution in [0.15, 0.2) is 60.8 Å². The third-order valence-corrected chi connectivity index (χ3v) is 7.36. The molecule has 2 aromatic heterocycles. The first-order valence-electron chi connectivity index (χ1n) is 13.9. The molecule has 0 saturated carbocycles. The highest BCUT2D eigenvalue weighted by molar-refractivity contribution is 6.21. The molecule has 0 spiro atoms. The number of imide groups is 1. The van der Waals surface area contributed by atoms with Crippen LogP contribution in [0.25, 0.3) is 11.0 Å². The van der Waals surface area contributed by atoms with Crippen molar-refractivity contribution in [3.8, 4) is 11.5 Å². The zero-order chi connectivity index (χ0) is 29.6. The maximum absolute atomic E-state index is 14.8. The predicted octanol–water partition coefficient (Wildman–Crippen LogP) is 5.26. The standard InChI is InChI=1S/C31H33FN6O4/c1-4-5-11-23(25(17-32)38-29(39)21-9-6-7-10-22(21)30(38)40)35-28-27-24(12-8-15-33-27)36-31(37-28)34-18-19-13-14-20(41-2)16-26(19)42-3/h6-10,12-16,23,25H,4-5,11,17-18H2,1-3H3,(H2,34,35,36,37)/t23-,25?/m1/s1. The van der Waals surface area contributed by atoms with Crippen LogP contribution in [-0.4, -0.2) is 64.6 Å². The van der Waals surface area contributed by atoms with Gasteiger partial charge in [-0.25, -0.2) is 9.37 Å². The van der Waals surface area contributed by atoms with Crippen LogP contribution in [0, 0.1) is 0 Å². The number of aromatic nitrogens is 3. The van der Waals surface area contributed by atoms with Crippen LogP contribution in [0.4, 0.5) is 16.2 Å². The number of halogens is 1. The third-order valence-electron chi connectivity index (χ3n) is 7.36. The Bertz CT molecular complexity index is 1560. The van der Waals surface area contributed by atoms with Crippen molar-refractivity contribution in [1.82, 2.24) is 19.9 Å². The van der Waals surface area contributed by atoms with Gasteiger partial charge in [-0.1, -0.05) is 31.9 Å². The van der Waals surface area contributed by atoms with Crippen molar-refractivity contribution in [1.29, 1.82) is 0 Å². The van der Waals surface area contributed by atoms with Gasteiger partial charge in [-0.05, 0) is 42.8 Å². The molecule has 1 aliphatic heterocycles. The molecular weight excluding hydrogens is 539 g/mol. The van der Waals surface area contributed by atoms with Crippen molar-refractivity contribution in [2.45, 2.75) is 44.8 Å². The molecule has 3 heterocycles. The molecular formula is C31H33FN6O4. The van der Waals surface area contributed by atoms with E-state index in [0.717, 1.165) is 23.3 Å². The summed E-state index contributed by atoms with van der Waals surface area (Å²) < 4.78 is 25.6. The molecule has 5 rings (SSSR count). The van der Waals surface area contributed by atoms with Gasteiger partial charge in [0.05, 0.1) is 42.9 Å². The molecule has 42 heavy (non-hydrogen) atoms. The van der Waals surface area contributed by atoms with Crippen LogP contribution in [0.2, 0.25) is 0 Å². The lowest BCUT2D eigenvalue weighted by Crippen LogP contribution is -2.51. The SMILES string of the molecule is CCCC[C@@H](Nc1nc(NCc2ccc(OC)cc2OC)nc2cccnc12)C(CF)N1C(=O)c2ccccc2C1=O. The molecule has 0 aliphatic carbocycles. The van der Waals surface area contributed by atoms with Gasteiger partial charge >= 0.3 is 0 Å². The van der Waals surface area contributed by atoms with Gasteiger partial charge in [-0.3, -0.25) is 19.5 Å². The number of rotatable bonds is 13. The Balaban J connectivity index is 1.46. The Hall–Kier alpha value is -4.80. The predicted molar refractivity (Wildman–Crippen MR) is 158 cm³/mol. The second-order valence-corrected chi connectivity index (χ2v) is 9.94. The number of hydrogen-bond donors (Lipinski definition) is 2. The lowest BCUT2D eigenvalue weighted by Gasteiger charge is -2.32. The summed E-state index contributed by atoms with van der Waals surface area (Å²) in [6, 6.07) is 14.0. The number of methoxy groups -OCH3 is 2. The largest absolute Gasteiger partial charge is 0.497 e. The number of hydrogen-bond acceptors (Lipinski definition) is 9. The summed E-state index contributed by atoms with van der Waals surface area (Å²) in [6.07, 6.45) is 3.72. The molecule has 11 heteroatoms. The number of benzene rings is 2. The van der Waals surface area contributed by atoms with E-state index in [9.17, 15) is 14.0 Å². The summed E-state index contributed by atoms with van der Waals surface area (Å²) in [5.41, 5.74) is 2.50. The normalized spacial score (nSPS) is 14.0. The van der Waals surface area contributed by atoms with E-state index in [1.165, 1.54) is 0 Å². The van der Waals surface area contributed by atoms with E-state index in [2.05, 4.69) is 20.6 Å². The molecule has 0 bridgehead atoms. The van der Waals surface area contributed by atoms with Crippen molar-refractivity contribution in [3.05, 3.63) is 77.5 Å². The Morgan fingerprint density at radius 3 is 2.40 bits per heavy atom. The first kappa shape index (κ1) is 28.7. The van der Waals surface area contributed by atoms with Gasteiger partial charge in [-0.15, -0.1) is 0 Å². The fourth-order valence-corrected chi connectivity index (χ4v) is 5.15. The summed E-state index contributed by atoms with van der Waals surface area (Å²) in [6.45, 7) is 1.48. The molecule has 1 aliphatic rings. The van der Waals surface area contributed by atoms with Crippen LogP contribution >= 0.6 is 0 Å². The second kappa shape index (κ2) is 12.8. The number of ether oxygens (including phenoxy) is 2. The molecule has 2 N–H and O–H groups in total. The molecule has 1 unspecified atom stereocenters. The quantitative estimate of drug-likeness (QED) is 0.207. The second-order valence-electron chi connectivity index (χ2n) is 9.94. The van der Waals surface area contributed by atoms with Crippen LogP contribution < -0.4 is 20.1 Å². The number of alkyl halides is 1. The van der Waals surface area contributed by atoms with Gasteiger partial charge < -0.3 is 20.1 Å². The van der Waals surface area contributed by atoms with Gasteiger partial charge in [0.25, 0.3) is 11.8 Å².